The van der Waals surface area contributed by atoms with Crippen LogP contribution in [0.5, 0.6) is 17.2 Å². The maximum Gasteiger partial charge on any atom is 0.262 e. The first-order chi connectivity index (χ1) is 15.1. The molecule has 0 radical (unpaired) electrons. The monoisotopic (exact) mass is 438 g/mol. The van der Waals surface area contributed by atoms with Crippen LogP contribution in [0.2, 0.25) is 0 Å². The smallest absolute Gasteiger partial charge is 0.262 e. The summed E-state index contributed by atoms with van der Waals surface area (Å²) < 4.78 is 18.2. The van der Waals surface area contributed by atoms with Gasteiger partial charge in [0.15, 0.2) is 18.1 Å². The van der Waals surface area contributed by atoms with Crippen LogP contribution in [-0.4, -0.2) is 44.2 Å². The van der Waals surface area contributed by atoms with Crippen LogP contribution in [0, 0.1) is 0 Å². The first kappa shape index (κ1) is 20.7. The van der Waals surface area contributed by atoms with Gasteiger partial charge < -0.3 is 19.5 Å². The number of rotatable bonds is 6. The van der Waals surface area contributed by atoms with Crippen molar-refractivity contribution < 1.29 is 19.0 Å². The van der Waals surface area contributed by atoms with E-state index < -0.39 is 0 Å². The fourth-order valence-electron chi connectivity index (χ4n) is 3.17. The number of hydrogen-bond donors (Lipinski definition) is 1. The third-order valence-electron chi connectivity index (χ3n) is 4.59. The van der Waals surface area contributed by atoms with Gasteiger partial charge in [-0.15, -0.1) is 11.3 Å². The minimum absolute atomic E-state index is 0.0273. The van der Waals surface area contributed by atoms with Crippen molar-refractivity contribution in [3.05, 3.63) is 52.1 Å². The van der Waals surface area contributed by atoms with E-state index in [0.717, 1.165) is 21.6 Å². The molecule has 1 amide bonds. The van der Waals surface area contributed by atoms with Gasteiger partial charge in [0, 0.05) is 18.0 Å². The van der Waals surface area contributed by atoms with Gasteiger partial charge in [0.25, 0.3) is 5.91 Å². The molecule has 0 aliphatic carbocycles. The molecular formula is C22H22N4O4S. The van der Waals surface area contributed by atoms with Crippen molar-refractivity contribution in [1.29, 1.82) is 0 Å². The molecule has 3 aromatic rings. The standard InChI is InChI=1S/C22H22N4O4S/c1-4-29-19-7-5-14(9-20(19)28-3)11-24-26-17(13-31-22(26)23-2)15-6-8-18-16(10-15)25-21(27)12-30-18/h5-11,13H,4,12H2,1-3H3,(H,25,27). The fourth-order valence-corrected chi connectivity index (χ4v) is 3.97. The van der Waals surface area contributed by atoms with Gasteiger partial charge in [0.05, 0.1) is 31.3 Å². The van der Waals surface area contributed by atoms with Crippen LogP contribution in [0.1, 0.15) is 12.5 Å². The summed E-state index contributed by atoms with van der Waals surface area (Å²) in [7, 11) is 3.33. The average molecular weight is 439 g/mol. The van der Waals surface area contributed by atoms with Crippen LogP contribution >= 0.6 is 11.3 Å². The predicted octanol–water partition coefficient (Wildman–Crippen LogP) is 3.37. The van der Waals surface area contributed by atoms with Crippen molar-refractivity contribution in [1.82, 2.24) is 4.68 Å². The number of carbonyl (C=O) groups excluding carboxylic acids is 1. The van der Waals surface area contributed by atoms with E-state index in [0.29, 0.717) is 29.5 Å². The molecule has 1 aliphatic heterocycles. The summed E-state index contributed by atoms with van der Waals surface area (Å²) in [5.41, 5.74) is 3.24. The fraction of sp³-hybridized carbons (Fsp3) is 0.227. The Kier molecular flexibility index (Phi) is 6.03. The molecule has 0 saturated heterocycles. The Bertz CT molecular complexity index is 1210. The van der Waals surface area contributed by atoms with E-state index >= 15 is 0 Å². The maximum absolute atomic E-state index is 11.7. The van der Waals surface area contributed by atoms with Gasteiger partial charge in [0.1, 0.15) is 5.75 Å². The lowest BCUT2D eigenvalue weighted by molar-refractivity contribution is -0.118. The minimum atomic E-state index is -0.172. The normalized spacial score (nSPS) is 13.6. The summed E-state index contributed by atoms with van der Waals surface area (Å²) in [5.74, 6) is 1.81. The summed E-state index contributed by atoms with van der Waals surface area (Å²) in [5, 5.41) is 9.47. The number of thiazole rings is 1. The summed E-state index contributed by atoms with van der Waals surface area (Å²) in [6, 6.07) is 11.3. The van der Waals surface area contributed by atoms with Gasteiger partial charge in [-0.05, 0) is 48.9 Å². The van der Waals surface area contributed by atoms with Crippen LogP contribution in [0.25, 0.3) is 11.3 Å². The highest BCUT2D eigenvalue weighted by molar-refractivity contribution is 7.07. The largest absolute Gasteiger partial charge is 0.493 e. The molecule has 160 valence electrons. The van der Waals surface area contributed by atoms with Crippen LogP contribution in [-0.2, 0) is 4.79 Å². The number of methoxy groups -OCH3 is 1. The Labute approximate surface area is 183 Å². The molecule has 1 aromatic heterocycles. The van der Waals surface area contributed by atoms with Crippen LogP contribution in [0.4, 0.5) is 5.69 Å². The zero-order valence-electron chi connectivity index (χ0n) is 17.4. The Morgan fingerprint density at radius 2 is 2.13 bits per heavy atom. The van der Waals surface area contributed by atoms with E-state index in [2.05, 4.69) is 15.4 Å². The molecule has 31 heavy (non-hydrogen) atoms. The Hall–Kier alpha value is -3.59. The second-order valence-corrected chi connectivity index (χ2v) is 7.41. The summed E-state index contributed by atoms with van der Waals surface area (Å²) in [6.45, 7) is 2.52. The quantitative estimate of drug-likeness (QED) is 0.598. The Morgan fingerprint density at radius 1 is 1.26 bits per heavy atom. The zero-order valence-corrected chi connectivity index (χ0v) is 18.2. The first-order valence-corrected chi connectivity index (χ1v) is 10.6. The predicted molar refractivity (Wildman–Crippen MR) is 121 cm³/mol. The van der Waals surface area contributed by atoms with Gasteiger partial charge in [0.2, 0.25) is 4.80 Å². The maximum atomic E-state index is 11.7. The number of nitrogens with one attached hydrogen (secondary N) is 1. The van der Waals surface area contributed by atoms with E-state index in [-0.39, 0.29) is 12.5 Å². The van der Waals surface area contributed by atoms with Crippen LogP contribution < -0.4 is 24.3 Å². The van der Waals surface area contributed by atoms with Gasteiger partial charge >= 0.3 is 0 Å². The van der Waals surface area contributed by atoms with Gasteiger partial charge in [-0.25, -0.2) is 4.68 Å². The van der Waals surface area contributed by atoms with Gasteiger partial charge in [-0.3, -0.25) is 9.79 Å². The zero-order chi connectivity index (χ0) is 21.8. The number of nitrogens with zero attached hydrogens (tertiary/aromatic N) is 3. The topological polar surface area (TPSA) is 86.4 Å². The number of ether oxygens (including phenoxy) is 3. The molecule has 0 fully saturated rings. The Morgan fingerprint density at radius 3 is 2.90 bits per heavy atom. The lowest BCUT2D eigenvalue weighted by atomic mass is 10.1. The van der Waals surface area contributed by atoms with Crippen molar-refractivity contribution in [2.75, 3.05) is 32.7 Å². The van der Waals surface area contributed by atoms with E-state index in [4.69, 9.17) is 14.2 Å². The molecule has 0 spiro atoms. The number of fused-ring (bicyclic) bond motifs is 1. The van der Waals surface area contributed by atoms with Crippen molar-refractivity contribution in [3.8, 4) is 28.5 Å². The lowest BCUT2D eigenvalue weighted by Crippen LogP contribution is -2.25. The lowest BCUT2D eigenvalue weighted by Gasteiger charge is -2.18. The third kappa shape index (κ3) is 4.31. The van der Waals surface area contributed by atoms with Crippen molar-refractivity contribution in [3.63, 3.8) is 0 Å². The number of aromatic nitrogens is 1. The highest BCUT2D eigenvalue weighted by Crippen LogP contribution is 2.33. The molecule has 9 heteroatoms. The molecule has 1 aliphatic rings. The minimum Gasteiger partial charge on any atom is -0.493 e. The second kappa shape index (κ2) is 9.05. The molecule has 4 rings (SSSR count). The number of benzene rings is 2. The summed E-state index contributed by atoms with van der Waals surface area (Å²) in [4.78, 5) is 16.7. The van der Waals surface area contributed by atoms with Gasteiger partial charge in [-0.2, -0.15) is 5.10 Å². The molecule has 0 bridgehead atoms. The molecule has 1 N–H and O–H groups in total. The first-order valence-electron chi connectivity index (χ1n) is 9.68. The van der Waals surface area contributed by atoms with E-state index in [1.54, 1.807) is 25.0 Å². The molecule has 0 unspecified atom stereocenters. The molecule has 8 nitrogen and oxygen atoms in total. The van der Waals surface area contributed by atoms with E-state index in [9.17, 15) is 4.79 Å². The molecule has 0 atom stereocenters. The number of amides is 1. The SMILES string of the molecule is CCOc1ccc(C=Nn2c(-c3ccc4c(c3)NC(=O)CO4)csc2=NC)cc1OC. The number of carbonyl (C=O) groups is 1. The second-order valence-electron chi connectivity index (χ2n) is 6.57. The Balaban J connectivity index is 1.70. The average Bonchev–Trinajstić information content (AvgIpc) is 3.21. The van der Waals surface area contributed by atoms with Crippen molar-refractivity contribution in [2.24, 2.45) is 10.1 Å². The van der Waals surface area contributed by atoms with E-state index in [1.807, 2.05) is 48.7 Å². The summed E-state index contributed by atoms with van der Waals surface area (Å²) >= 11 is 1.48. The molecule has 2 heterocycles. The highest BCUT2D eigenvalue weighted by atomic mass is 32.1. The molecule has 0 saturated carbocycles. The van der Waals surface area contributed by atoms with Crippen molar-refractivity contribution >= 4 is 29.1 Å². The highest BCUT2D eigenvalue weighted by Gasteiger charge is 2.17. The number of hydrogen-bond acceptors (Lipinski definition) is 7. The van der Waals surface area contributed by atoms with Gasteiger partial charge in [-0.1, -0.05) is 0 Å². The summed E-state index contributed by atoms with van der Waals surface area (Å²) in [6.07, 6.45) is 1.74. The third-order valence-corrected chi connectivity index (χ3v) is 5.50. The van der Waals surface area contributed by atoms with Crippen LogP contribution in [0.3, 0.4) is 0 Å². The molecule has 2 aromatic carbocycles. The number of anilines is 1. The molecular weight excluding hydrogens is 416 g/mol. The van der Waals surface area contributed by atoms with E-state index in [1.165, 1.54) is 11.3 Å². The van der Waals surface area contributed by atoms with Crippen LogP contribution in [0.15, 0.2) is 51.9 Å². The van der Waals surface area contributed by atoms with Crippen molar-refractivity contribution in [2.45, 2.75) is 6.92 Å².